The van der Waals surface area contributed by atoms with Crippen molar-refractivity contribution in [2.75, 3.05) is 19.0 Å². The topological polar surface area (TPSA) is 43.6 Å². The maximum atomic E-state index is 6.23. The SMILES string of the molecule is CCc1ccc(OC)cc1OCc1c(C)oc2c(NCC3CC3)cc(C)cc12. The van der Waals surface area contributed by atoms with Crippen molar-refractivity contribution < 1.29 is 13.9 Å². The van der Waals surface area contributed by atoms with Gasteiger partial charge in [0.25, 0.3) is 0 Å². The van der Waals surface area contributed by atoms with E-state index in [1.54, 1.807) is 7.11 Å². The molecule has 0 spiro atoms. The van der Waals surface area contributed by atoms with Gasteiger partial charge in [0.05, 0.1) is 12.8 Å². The fourth-order valence-corrected chi connectivity index (χ4v) is 3.64. The molecule has 1 saturated carbocycles. The zero-order valence-electron chi connectivity index (χ0n) is 17.2. The van der Waals surface area contributed by atoms with E-state index < -0.39 is 0 Å². The summed E-state index contributed by atoms with van der Waals surface area (Å²) < 4.78 is 17.8. The molecule has 0 atom stereocenters. The van der Waals surface area contributed by atoms with Crippen molar-refractivity contribution in [1.82, 2.24) is 0 Å². The molecule has 1 heterocycles. The minimum atomic E-state index is 0.477. The number of rotatable bonds is 8. The summed E-state index contributed by atoms with van der Waals surface area (Å²) in [4.78, 5) is 0. The molecule has 0 radical (unpaired) electrons. The predicted octanol–water partition coefficient (Wildman–Crippen LogP) is 6.02. The van der Waals surface area contributed by atoms with Gasteiger partial charge in [0.2, 0.25) is 0 Å². The average molecular weight is 380 g/mol. The van der Waals surface area contributed by atoms with E-state index in [1.807, 2.05) is 19.1 Å². The number of hydrogen-bond donors (Lipinski definition) is 1. The van der Waals surface area contributed by atoms with Crippen LogP contribution >= 0.6 is 0 Å². The lowest BCUT2D eigenvalue weighted by atomic mass is 10.1. The summed E-state index contributed by atoms with van der Waals surface area (Å²) >= 11 is 0. The molecule has 2 aromatic carbocycles. The number of methoxy groups -OCH3 is 1. The van der Waals surface area contributed by atoms with Gasteiger partial charge < -0.3 is 19.2 Å². The number of benzene rings is 2. The first-order valence-electron chi connectivity index (χ1n) is 10.1. The third-order valence-electron chi connectivity index (χ3n) is 5.54. The molecule has 4 rings (SSSR count). The Morgan fingerprint density at radius 2 is 1.96 bits per heavy atom. The monoisotopic (exact) mass is 379 g/mol. The fourth-order valence-electron chi connectivity index (χ4n) is 3.64. The van der Waals surface area contributed by atoms with Gasteiger partial charge >= 0.3 is 0 Å². The molecule has 148 valence electrons. The van der Waals surface area contributed by atoms with Gasteiger partial charge in [0, 0.05) is 23.6 Å². The summed E-state index contributed by atoms with van der Waals surface area (Å²) in [6.07, 6.45) is 3.58. The summed E-state index contributed by atoms with van der Waals surface area (Å²) in [7, 11) is 1.68. The van der Waals surface area contributed by atoms with Crippen LogP contribution in [0.1, 0.15) is 42.2 Å². The summed E-state index contributed by atoms with van der Waals surface area (Å²) in [6, 6.07) is 10.4. The minimum Gasteiger partial charge on any atom is -0.497 e. The van der Waals surface area contributed by atoms with Crippen LogP contribution in [0.3, 0.4) is 0 Å². The van der Waals surface area contributed by atoms with Gasteiger partial charge in [-0.2, -0.15) is 0 Å². The minimum absolute atomic E-state index is 0.477. The molecular formula is C24H29NO3. The van der Waals surface area contributed by atoms with Gasteiger partial charge in [0.1, 0.15) is 23.9 Å². The van der Waals surface area contributed by atoms with E-state index in [-0.39, 0.29) is 0 Å². The smallest absolute Gasteiger partial charge is 0.157 e. The first-order chi connectivity index (χ1) is 13.6. The second-order valence-corrected chi connectivity index (χ2v) is 7.77. The van der Waals surface area contributed by atoms with Gasteiger partial charge in [-0.3, -0.25) is 0 Å². The van der Waals surface area contributed by atoms with Crippen molar-refractivity contribution in [3.8, 4) is 11.5 Å². The molecule has 0 amide bonds. The third kappa shape index (κ3) is 3.82. The molecule has 1 fully saturated rings. The van der Waals surface area contributed by atoms with E-state index in [1.165, 1.54) is 24.0 Å². The van der Waals surface area contributed by atoms with Crippen LogP contribution < -0.4 is 14.8 Å². The van der Waals surface area contributed by atoms with E-state index in [2.05, 4.69) is 37.4 Å². The van der Waals surface area contributed by atoms with E-state index in [0.717, 1.165) is 58.4 Å². The Labute approximate surface area is 166 Å². The number of ether oxygens (including phenoxy) is 2. The third-order valence-corrected chi connectivity index (χ3v) is 5.54. The van der Waals surface area contributed by atoms with Gasteiger partial charge in [-0.1, -0.05) is 13.0 Å². The molecule has 0 saturated heterocycles. The molecule has 1 aliphatic carbocycles. The second-order valence-electron chi connectivity index (χ2n) is 7.77. The lowest BCUT2D eigenvalue weighted by Gasteiger charge is -2.12. The van der Waals surface area contributed by atoms with E-state index >= 15 is 0 Å². The summed E-state index contributed by atoms with van der Waals surface area (Å²) in [5, 5.41) is 4.72. The molecule has 1 aromatic heterocycles. The second kappa shape index (κ2) is 7.78. The molecule has 28 heavy (non-hydrogen) atoms. The molecule has 0 aliphatic heterocycles. The molecule has 4 nitrogen and oxygen atoms in total. The quantitative estimate of drug-likeness (QED) is 0.519. The van der Waals surface area contributed by atoms with Crippen LogP contribution in [-0.2, 0) is 13.0 Å². The highest BCUT2D eigenvalue weighted by Crippen LogP contribution is 2.36. The lowest BCUT2D eigenvalue weighted by molar-refractivity contribution is 0.299. The number of nitrogens with one attached hydrogen (secondary N) is 1. The number of aryl methyl sites for hydroxylation is 3. The number of hydrogen-bond acceptors (Lipinski definition) is 4. The van der Waals surface area contributed by atoms with Crippen molar-refractivity contribution in [2.24, 2.45) is 5.92 Å². The van der Waals surface area contributed by atoms with Gasteiger partial charge in [-0.05, 0) is 68.4 Å². The Morgan fingerprint density at radius 1 is 1.14 bits per heavy atom. The van der Waals surface area contributed by atoms with E-state index in [9.17, 15) is 0 Å². The number of anilines is 1. The van der Waals surface area contributed by atoms with E-state index in [0.29, 0.717) is 6.61 Å². The van der Waals surface area contributed by atoms with Crippen molar-refractivity contribution in [2.45, 2.75) is 46.6 Å². The van der Waals surface area contributed by atoms with Gasteiger partial charge in [-0.25, -0.2) is 0 Å². The summed E-state index contributed by atoms with van der Waals surface area (Å²) in [5.74, 6) is 3.41. The highest BCUT2D eigenvalue weighted by atomic mass is 16.5. The normalized spacial score (nSPS) is 13.7. The molecule has 1 N–H and O–H groups in total. The fraction of sp³-hybridized carbons (Fsp3) is 0.417. The first-order valence-corrected chi connectivity index (χ1v) is 10.1. The molecule has 0 bridgehead atoms. The highest BCUT2D eigenvalue weighted by molar-refractivity contribution is 5.93. The van der Waals surface area contributed by atoms with Crippen LogP contribution in [0.5, 0.6) is 11.5 Å². The van der Waals surface area contributed by atoms with Crippen LogP contribution in [0.15, 0.2) is 34.7 Å². The lowest BCUT2D eigenvalue weighted by Crippen LogP contribution is -2.03. The highest BCUT2D eigenvalue weighted by Gasteiger charge is 2.22. The molecule has 0 unspecified atom stereocenters. The standard InChI is InChI=1S/C24H29NO3/c1-5-18-8-9-19(26-4)12-23(18)27-14-21-16(3)28-24-20(21)10-15(2)11-22(24)25-13-17-6-7-17/h8-12,17,25H,5-7,13-14H2,1-4H3. The maximum absolute atomic E-state index is 6.23. The average Bonchev–Trinajstić information content (AvgIpc) is 3.47. The van der Waals surface area contributed by atoms with Gasteiger partial charge in [0.15, 0.2) is 5.58 Å². The summed E-state index contributed by atoms with van der Waals surface area (Å²) in [6.45, 7) is 7.78. The Morgan fingerprint density at radius 3 is 2.68 bits per heavy atom. The number of fused-ring (bicyclic) bond motifs is 1. The van der Waals surface area contributed by atoms with Crippen molar-refractivity contribution >= 4 is 16.7 Å². The zero-order chi connectivity index (χ0) is 19.7. The summed E-state index contributed by atoms with van der Waals surface area (Å²) in [5.41, 5.74) is 5.53. The maximum Gasteiger partial charge on any atom is 0.157 e. The largest absolute Gasteiger partial charge is 0.497 e. The van der Waals surface area contributed by atoms with Gasteiger partial charge in [-0.15, -0.1) is 0 Å². The Bertz CT molecular complexity index is 985. The van der Waals surface area contributed by atoms with Crippen molar-refractivity contribution in [3.05, 3.63) is 52.8 Å². The van der Waals surface area contributed by atoms with Crippen LogP contribution in [0, 0.1) is 19.8 Å². The Hall–Kier alpha value is -2.62. The molecule has 4 heteroatoms. The van der Waals surface area contributed by atoms with E-state index in [4.69, 9.17) is 13.9 Å². The Balaban J connectivity index is 1.63. The number of furan rings is 1. The zero-order valence-corrected chi connectivity index (χ0v) is 17.2. The van der Waals surface area contributed by atoms with Crippen LogP contribution in [0.25, 0.3) is 11.0 Å². The van der Waals surface area contributed by atoms with Crippen molar-refractivity contribution in [3.63, 3.8) is 0 Å². The first kappa shape index (κ1) is 18.7. The van der Waals surface area contributed by atoms with Crippen LogP contribution in [0.2, 0.25) is 0 Å². The molecule has 3 aromatic rings. The van der Waals surface area contributed by atoms with Crippen LogP contribution in [-0.4, -0.2) is 13.7 Å². The predicted molar refractivity (Wildman–Crippen MR) is 114 cm³/mol. The van der Waals surface area contributed by atoms with Crippen molar-refractivity contribution in [1.29, 1.82) is 0 Å². The van der Waals surface area contributed by atoms with Crippen LogP contribution in [0.4, 0.5) is 5.69 Å². The molecule has 1 aliphatic rings. The molecular weight excluding hydrogens is 350 g/mol. The Kier molecular flexibility index (Phi) is 5.21.